The summed E-state index contributed by atoms with van der Waals surface area (Å²) in [4.78, 5) is 0. The van der Waals surface area contributed by atoms with Crippen molar-refractivity contribution < 1.29 is 0 Å². The standard InChI is InChI=1S/C23H39N/c1-6-10-21(18-24)12-9-7-8-11-19(2)17-20-13-15-22(16-14-20)23(3,4)5/h6,9,12-13,21-22H,1-2,7-8,10-11,14-18,24H2,3-5H3/b12-9-/t21-,22?/m0/s1. The molecule has 0 spiro atoms. The summed E-state index contributed by atoms with van der Waals surface area (Å²) in [7, 11) is 0. The van der Waals surface area contributed by atoms with Crippen LogP contribution < -0.4 is 5.73 Å². The lowest BCUT2D eigenvalue weighted by molar-refractivity contribution is 0.220. The third kappa shape index (κ3) is 8.15. The largest absolute Gasteiger partial charge is 0.330 e. The van der Waals surface area contributed by atoms with Crippen LogP contribution in [0.15, 0.2) is 48.6 Å². The molecule has 1 heteroatoms. The fourth-order valence-electron chi connectivity index (χ4n) is 3.47. The maximum Gasteiger partial charge on any atom is -0.00112 e. The Hall–Kier alpha value is -1.08. The fourth-order valence-corrected chi connectivity index (χ4v) is 3.47. The Labute approximate surface area is 150 Å². The first kappa shape index (κ1) is 21.0. The van der Waals surface area contributed by atoms with Crippen LogP contribution in [0.1, 0.15) is 72.1 Å². The zero-order valence-electron chi connectivity index (χ0n) is 16.3. The molecule has 1 unspecified atom stereocenters. The van der Waals surface area contributed by atoms with E-state index in [9.17, 15) is 0 Å². The molecule has 0 saturated carbocycles. The Morgan fingerprint density at radius 2 is 2.17 bits per heavy atom. The van der Waals surface area contributed by atoms with Gasteiger partial charge in [0, 0.05) is 0 Å². The van der Waals surface area contributed by atoms with Gasteiger partial charge in [-0.2, -0.15) is 0 Å². The summed E-state index contributed by atoms with van der Waals surface area (Å²) in [5.41, 5.74) is 9.20. The van der Waals surface area contributed by atoms with Gasteiger partial charge in [-0.05, 0) is 75.2 Å². The van der Waals surface area contributed by atoms with Gasteiger partial charge in [0.25, 0.3) is 0 Å². The molecule has 1 nitrogen and oxygen atoms in total. The first-order chi connectivity index (χ1) is 11.4. The molecule has 0 bridgehead atoms. The highest BCUT2D eigenvalue weighted by Gasteiger charge is 2.26. The van der Waals surface area contributed by atoms with Crippen molar-refractivity contribution in [3.63, 3.8) is 0 Å². The third-order valence-corrected chi connectivity index (χ3v) is 5.29. The Morgan fingerprint density at radius 1 is 1.42 bits per heavy atom. The van der Waals surface area contributed by atoms with Crippen LogP contribution in [0, 0.1) is 17.3 Å². The zero-order valence-corrected chi connectivity index (χ0v) is 16.3. The Kier molecular flexibility index (Phi) is 9.36. The first-order valence-corrected chi connectivity index (χ1v) is 9.69. The van der Waals surface area contributed by atoms with E-state index in [0.29, 0.717) is 17.9 Å². The number of nitrogens with two attached hydrogens (primary N) is 1. The van der Waals surface area contributed by atoms with Gasteiger partial charge in [-0.25, -0.2) is 0 Å². The second-order valence-corrected chi connectivity index (χ2v) is 8.47. The van der Waals surface area contributed by atoms with Gasteiger partial charge in [-0.15, -0.1) is 6.58 Å². The van der Waals surface area contributed by atoms with E-state index in [1.54, 1.807) is 5.57 Å². The van der Waals surface area contributed by atoms with E-state index in [1.807, 2.05) is 6.08 Å². The molecule has 0 saturated heterocycles. The highest BCUT2D eigenvalue weighted by atomic mass is 14.5. The normalized spacial score (nSPS) is 20.0. The average Bonchev–Trinajstić information content (AvgIpc) is 2.53. The van der Waals surface area contributed by atoms with Gasteiger partial charge >= 0.3 is 0 Å². The van der Waals surface area contributed by atoms with Crippen molar-refractivity contribution in [1.82, 2.24) is 0 Å². The van der Waals surface area contributed by atoms with Gasteiger partial charge in [-0.1, -0.05) is 62.8 Å². The minimum absolute atomic E-state index is 0.443. The third-order valence-electron chi connectivity index (χ3n) is 5.29. The van der Waals surface area contributed by atoms with Crippen molar-refractivity contribution in [1.29, 1.82) is 0 Å². The number of unbranched alkanes of at least 4 members (excludes halogenated alkanes) is 1. The van der Waals surface area contributed by atoms with E-state index in [2.05, 4.69) is 52.2 Å². The summed E-state index contributed by atoms with van der Waals surface area (Å²) in [5, 5.41) is 0. The smallest absolute Gasteiger partial charge is 0.00112 e. The van der Waals surface area contributed by atoms with Crippen LogP contribution in [-0.2, 0) is 0 Å². The highest BCUT2D eigenvalue weighted by Crippen LogP contribution is 2.38. The molecule has 0 aromatic heterocycles. The minimum atomic E-state index is 0.443. The van der Waals surface area contributed by atoms with Gasteiger partial charge in [0.1, 0.15) is 0 Å². The molecule has 1 aliphatic rings. The molecule has 2 atom stereocenters. The molecule has 0 amide bonds. The van der Waals surface area contributed by atoms with Crippen molar-refractivity contribution in [2.24, 2.45) is 23.0 Å². The average molecular weight is 330 g/mol. The monoisotopic (exact) mass is 329 g/mol. The summed E-state index contributed by atoms with van der Waals surface area (Å²) < 4.78 is 0. The van der Waals surface area contributed by atoms with Crippen molar-refractivity contribution >= 4 is 0 Å². The maximum atomic E-state index is 5.74. The second kappa shape index (κ2) is 10.7. The van der Waals surface area contributed by atoms with Crippen LogP contribution in [0.4, 0.5) is 0 Å². The zero-order chi connectivity index (χ0) is 18.0. The van der Waals surface area contributed by atoms with Crippen molar-refractivity contribution in [2.45, 2.75) is 72.1 Å². The van der Waals surface area contributed by atoms with Crippen LogP contribution in [0.25, 0.3) is 0 Å². The topological polar surface area (TPSA) is 26.0 Å². The molecular formula is C23H39N. The highest BCUT2D eigenvalue weighted by molar-refractivity contribution is 5.16. The molecule has 0 heterocycles. The summed E-state index contributed by atoms with van der Waals surface area (Å²) in [6.07, 6.45) is 18.4. The quantitative estimate of drug-likeness (QED) is 0.355. The maximum absolute atomic E-state index is 5.74. The van der Waals surface area contributed by atoms with Crippen molar-refractivity contribution in [2.75, 3.05) is 6.54 Å². The van der Waals surface area contributed by atoms with E-state index in [1.165, 1.54) is 31.3 Å². The minimum Gasteiger partial charge on any atom is -0.330 e. The molecule has 0 radical (unpaired) electrons. The van der Waals surface area contributed by atoms with Crippen LogP contribution >= 0.6 is 0 Å². The molecule has 24 heavy (non-hydrogen) atoms. The molecule has 0 aromatic carbocycles. The number of hydrogen-bond donors (Lipinski definition) is 1. The lowest BCUT2D eigenvalue weighted by atomic mass is 9.72. The van der Waals surface area contributed by atoms with Crippen LogP contribution in [0.2, 0.25) is 0 Å². The van der Waals surface area contributed by atoms with Gasteiger partial charge in [0.15, 0.2) is 0 Å². The predicted molar refractivity (Wildman–Crippen MR) is 109 cm³/mol. The lowest BCUT2D eigenvalue weighted by Crippen LogP contribution is -2.22. The van der Waals surface area contributed by atoms with Crippen molar-refractivity contribution in [3.05, 3.63) is 48.6 Å². The molecule has 0 aromatic rings. The number of allylic oxidation sites excluding steroid dienone is 5. The lowest BCUT2D eigenvalue weighted by Gasteiger charge is -2.33. The second-order valence-electron chi connectivity index (χ2n) is 8.47. The SMILES string of the molecule is C=CC[C@@H](/C=C\CCCC(=C)CC1=CCC(C(C)(C)C)CC1)CN. The van der Waals surface area contributed by atoms with Crippen LogP contribution in [0.3, 0.4) is 0 Å². The summed E-state index contributed by atoms with van der Waals surface area (Å²) in [6, 6.07) is 0. The predicted octanol–water partition coefficient (Wildman–Crippen LogP) is 6.58. The van der Waals surface area contributed by atoms with Gasteiger partial charge in [0.2, 0.25) is 0 Å². The number of hydrogen-bond acceptors (Lipinski definition) is 1. The van der Waals surface area contributed by atoms with Crippen molar-refractivity contribution in [3.8, 4) is 0 Å². The number of rotatable bonds is 10. The van der Waals surface area contributed by atoms with Gasteiger partial charge in [0.05, 0.1) is 0 Å². The molecule has 0 fully saturated rings. The van der Waals surface area contributed by atoms with Gasteiger partial charge in [-0.3, -0.25) is 0 Å². The Balaban J connectivity index is 2.24. The molecular weight excluding hydrogens is 290 g/mol. The van der Waals surface area contributed by atoms with E-state index in [0.717, 1.165) is 31.6 Å². The summed E-state index contributed by atoms with van der Waals surface area (Å²) >= 11 is 0. The molecule has 0 aliphatic heterocycles. The van der Waals surface area contributed by atoms with Gasteiger partial charge < -0.3 is 5.73 Å². The van der Waals surface area contributed by atoms with Crippen LogP contribution in [-0.4, -0.2) is 6.54 Å². The Morgan fingerprint density at radius 3 is 2.71 bits per heavy atom. The van der Waals surface area contributed by atoms with E-state index < -0.39 is 0 Å². The fraction of sp³-hybridized carbons (Fsp3) is 0.652. The summed E-state index contributed by atoms with van der Waals surface area (Å²) in [6.45, 7) is 15.9. The Bertz CT molecular complexity index is 447. The molecule has 136 valence electrons. The van der Waals surface area contributed by atoms with E-state index >= 15 is 0 Å². The first-order valence-electron chi connectivity index (χ1n) is 9.69. The molecule has 2 N–H and O–H groups in total. The van der Waals surface area contributed by atoms with Crippen LogP contribution in [0.5, 0.6) is 0 Å². The van der Waals surface area contributed by atoms with E-state index in [4.69, 9.17) is 5.73 Å². The molecule has 1 aliphatic carbocycles. The van der Waals surface area contributed by atoms with E-state index in [-0.39, 0.29) is 0 Å². The summed E-state index contributed by atoms with van der Waals surface area (Å²) in [5.74, 6) is 1.29. The molecule has 1 rings (SSSR count).